The van der Waals surface area contributed by atoms with Gasteiger partial charge in [0.25, 0.3) is 5.91 Å². The van der Waals surface area contributed by atoms with Crippen LogP contribution in [0, 0.1) is 0 Å². The summed E-state index contributed by atoms with van der Waals surface area (Å²) in [7, 11) is 0. The number of ether oxygens (including phenoxy) is 1. The number of amides is 1. The van der Waals surface area contributed by atoms with Crippen molar-refractivity contribution in [3.63, 3.8) is 0 Å². The highest BCUT2D eigenvalue weighted by Gasteiger charge is 2.14. The Morgan fingerprint density at radius 2 is 1.62 bits per heavy atom. The molecule has 132 valence electrons. The summed E-state index contributed by atoms with van der Waals surface area (Å²) in [5.74, 6) is -0.679. The van der Waals surface area contributed by atoms with Gasteiger partial charge in [-0.2, -0.15) is 0 Å². The first-order valence-electron chi connectivity index (χ1n) is 8.61. The van der Waals surface area contributed by atoms with Gasteiger partial charge in [0.1, 0.15) is 0 Å². The minimum atomic E-state index is -0.380. The Kier molecular flexibility index (Phi) is 5.64. The molecule has 0 bridgehead atoms. The molecule has 0 heterocycles. The summed E-state index contributed by atoms with van der Waals surface area (Å²) in [6.07, 6.45) is 0.242. The number of esters is 1. The number of rotatable bonds is 6. The average Bonchev–Trinajstić information content (AvgIpc) is 2.67. The third-order valence-corrected chi connectivity index (χ3v) is 4.27. The molecule has 0 aromatic heterocycles. The second-order valence-corrected chi connectivity index (χ2v) is 6.25. The zero-order valence-electron chi connectivity index (χ0n) is 14.6. The highest BCUT2D eigenvalue weighted by atomic mass is 16.5. The van der Waals surface area contributed by atoms with Gasteiger partial charge in [0.2, 0.25) is 0 Å². The van der Waals surface area contributed by atoms with Gasteiger partial charge in [0.05, 0.1) is 6.42 Å². The monoisotopic (exact) mass is 347 g/mol. The van der Waals surface area contributed by atoms with Gasteiger partial charge in [-0.1, -0.05) is 73.7 Å². The minimum Gasteiger partial charge on any atom is -0.456 e. The highest BCUT2D eigenvalue weighted by Crippen LogP contribution is 2.23. The van der Waals surface area contributed by atoms with Crippen LogP contribution in [0.4, 0.5) is 5.69 Å². The van der Waals surface area contributed by atoms with Gasteiger partial charge in [-0.25, -0.2) is 0 Å². The van der Waals surface area contributed by atoms with Crippen LogP contribution in [0.15, 0.2) is 72.8 Å². The number of benzene rings is 3. The largest absolute Gasteiger partial charge is 0.456 e. The molecule has 3 aromatic rings. The molecule has 0 unspecified atom stereocenters. The molecule has 0 aliphatic heterocycles. The molecule has 0 saturated carbocycles. The molecular weight excluding hydrogens is 326 g/mol. The minimum absolute atomic E-state index is 0.0461. The average molecular weight is 347 g/mol. The molecule has 3 aromatic carbocycles. The predicted octanol–water partition coefficient (Wildman–Crippen LogP) is 4.52. The summed E-state index contributed by atoms with van der Waals surface area (Å²) >= 11 is 0. The molecule has 1 amide bonds. The van der Waals surface area contributed by atoms with Gasteiger partial charge in [0.15, 0.2) is 6.61 Å². The first-order valence-corrected chi connectivity index (χ1v) is 8.61. The van der Waals surface area contributed by atoms with E-state index in [1.54, 1.807) is 0 Å². The van der Waals surface area contributed by atoms with Crippen molar-refractivity contribution in [3.05, 3.63) is 78.4 Å². The second-order valence-electron chi connectivity index (χ2n) is 6.25. The van der Waals surface area contributed by atoms with E-state index in [1.165, 1.54) is 0 Å². The smallest absolute Gasteiger partial charge is 0.306 e. The third kappa shape index (κ3) is 4.48. The maximum Gasteiger partial charge on any atom is 0.306 e. The quantitative estimate of drug-likeness (QED) is 0.667. The first kappa shape index (κ1) is 17.7. The van der Waals surface area contributed by atoms with Crippen LogP contribution in [0.1, 0.15) is 24.8 Å². The van der Waals surface area contributed by atoms with Crippen molar-refractivity contribution < 1.29 is 14.3 Å². The Morgan fingerprint density at radius 3 is 2.42 bits per heavy atom. The van der Waals surface area contributed by atoms with Crippen molar-refractivity contribution >= 4 is 28.3 Å². The van der Waals surface area contributed by atoms with E-state index in [1.807, 2.05) is 79.7 Å². The summed E-state index contributed by atoms with van der Waals surface area (Å²) in [5.41, 5.74) is 1.78. The molecule has 0 fully saturated rings. The first-order chi connectivity index (χ1) is 12.6. The van der Waals surface area contributed by atoms with E-state index in [-0.39, 0.29) is 30.8 Å². The standard InChI is InChI=1S/C22H21NO3/c1-16(17-8-3-2-4-9-17)14-22(25)26-15-21(24)23-20-13-7-11-18-10-5-6-12-19(18)20/h2-13,16H,14-15H2,1H3,(H,23,24)/t16-/m0/s1. The second kappa shape index (κ2) is 8.30. The summed E-state index contributed by atoms with van der Waals surface area (Å²) in [5, 5.41) is 4.80. The molecule has 4 nitrogen and oxygen atoms in total. The Labute approximate surface area is 152 Å². The Bertz CT molecular complexity index is 900. The van der Waals surface area contributed by atoms with Crippen LogP contribution >= 0.6 is 0 Å². The topological polar surface area (TPSA) is 55.4 Å². The fourth-order valence-electron chi connectivity index (χ4n) is 2.88. The van der Waals surface area contributed by atoms with E-state index in [4.69, 9.17) is 4.74 Å². The molecule has 0 saturated heterocycles. The molecule has 1 N–H and O–H groups in total. The van der Waals surface area contributed by atoms with Gasteiger partial charge in [-0.05, 0) is 22.9 Å². The van der Waals surface area contributed by atoms with Crippen LogP contribution in [-0.4, -0.2) is 18.5 Å². The van der Waals surface area contributed by atoms with E-state index in [0.717, 1.165) is 16.3 Å². The lowest BCUT2D eigenvalue weighted by Crippen LogP contribution is -2.21. The lowest BCUT2D eigenvalue weighted by Gasteiger charge is -2.12. The Hall–Kier alpha value is -3.14. The summed E-state index contributed by atoms with van der Waals surface area (Å²) in [6.45, 7) is 1.68. The third-order valence-electron chi connectivity index (χ3n) is 4.27. The van der Waals surface area contributed by atoms with E-state index < -0.39 is 0 Å². The molecule has 0 radical (unpaired) electrons. The van der Waals surface area contributed by atoms with Gasteiger partial charge in [-0.15, -0.1) is 0 Å². The SMILES string of the molecule is C[C@@H](CC(=O)OCC(=O)Nc1cccc2ccccc12)c1ccccc1. The predicted molar refractivity (Wildman–Crippen MR) is 103 cm³/mol. The molecule has 0 spiro atoms. The fraction of sp³-hybridized carbons (Fsp3) is 0.182. The number of nitrogens with one attached hydrogen (secondary N) is 1. The van der Waals surface area contributed by atoms with E-state index >= 15 is 0 Å². The maximum atomic E-state index is 12.1. The van der Waals surface area contributed by atoms with Crippen LogP contribution < -0.4 is 5.32 Å². The Morgan fingerprint density at radius 1 is 0.923 bits per heavy atom. The zero-order chi connectivity index (χ0) is 18.4. The lowest BCUT2D eigenvalue weighted by atomic mass is 9.98. The van der Waals surface area contributed by atoms with Crippen molar-refractivity contribution in [1.29, 1.82) is 0 Å². The van der Waals surface area contributed by atoms with Crippen LogP contribution in [0.2, 0.25) is 0 Å². The van der Waals surface area contributed by atoms with Gasteiger partial charge in [-0.3, -0.25) is 9.59 Å². The summed E-state index contributed by atoms with van der Waals surface area (Å²) in [4.78, 5) is 24.1. The molecule has 0 aliphatic carbocycles. The number of hydrogen-bond acceptors (Lipinski definition) is 3. The van der Waals surface area contributed by atoms with Crippen LogP contribution in [0.5, 0.6) is 0 Å². The number of fused-ring (bicyclic) bond motifs is 1. The lowest BCUT2D eigenvalue weighted by molar-refractivity contribution is -0.147. The summed E-state index contributed by atoms with van der Waals surface area (Å²) in [6, 6.07) is 23.3. The molecule has 3 rings (SSSR count). The van der Waals surface area contributed by atoms with Crippen LogP contribution in [0.25, 0.3) is 10.8 Å². The van der Waals surface area contributed by atoms with Crippen molar-refractivity contribution in [1.82, 2.24) is 0 Å². The Balaban J connectivity index is 1.53. The molecule has 0 aliphatic rings. The van der Waals surface area contributed by atoms with Crippen molar-refractivity contribution in [2.45, 2.75) is 19.3 Å². The normalized spacial score (nSPS) is 11.7. The van der Waals surface area contributed by atoms with Crippen LogP contribution in [0.3, 0.4) is 0 Å². The number of hydrogen-bond donors (Lipinski definition) is 1. The van der Waals surface area contributed by atoms with Gasteiger partial charge < -0.3 is 10.1 Å². The zero-order valence-corrected chi connectivity index (χ0v) is 14.6. The number of carbonyl (C=O) groups is 2. The number of anilines is 1. The molecule has 26 heavy (non-hydrogen) atoms. The van der Waals surface area contributed by atoms with E-state index in [2.05, 4.69) is 5.32 Å². The van der Waals surface area contributed by atoms with Gasteiger partial charge >= 0.3 is 5.97 Å². The molecule has 1 atom stereocenters. The fourth-order valence-corrected chi connectivity index (χ4v) is 2.88. The van der Waals surface area contributed by atoms with Crippen molar-refractivity contribution in [3.8, 4) is 0 Å². The van der Waals surface area contributed by atoms with E-state index in [9.17, 15) is 9.59 Å². The number of carbonyl (C=O) groups excluding carboxylic acids is 2. The van der Waals surface area contributed by atoms with Crippen LogP contribution in [-0.2, 0) is 14.3 Å². The van der Waals surface area contributed by atoms with Crippen molar-refractivity contribution in [2.75, 3.05) is 11.9 Å². The maximum absolute atomic E-state index is 12.1. The summed E-state index contributed by atoms with van der Waals surface area (Å²) < 4.78 is 5.13. The van der Waals surface area contributed by atoms with Crippen molar-refractivity contribution in [2.24, 2.45) is 0 Å². The highest BCUT2D eigenvalue weighted by molar-refractivity contribution is 6.02. The molecular formula is C22H21NO3. The van der Waals surface area contributed by atoms with Gasteiger partial charge in [0, 0.05) is 11.1 Å². The molecule has 4 heteroatoms. The van der Waals surface area contributed by atoms with E-state index in [0.29, 0.717) is 5.69 Å².